The van der Waals surface area contributed by atoms with Crippen molar-refractivity contribution < 1.29 is 19.1 Å². The molecule has 0 unspecified atom stereocenters. The molecule has 0 saturated carbocycles. The molecule has 6 heteroatoms. The van der Waals surface area contributed by atoms with Gasteiger partial charge in [0.05, 0.1) is 0 Å². The van der Waals surface area contributed by atoms with Gasteiger partial charge in [-0.2, -0.15) is 0 Å². The maximum absolute atomic E-state index is 11.7. The summed E-state index contributed by atoms with van der Waals surface area (Å²) in [5.74, 6) is -0.433. The summed E-state index contributed by atoms with van der Waals surface area (Å²) in [6.45, 7) is 9.15. The van der Waals surface area contributed by atoms with Crippen LogP contribution < -0.4 is 5.32 Å². The van der Waals surface area contributed by atoms with Crippen molar-refractivity contribution in [2.75, 3.05) is 4.61 Å². The van der Waals surface area contributed by atoms with E-state index in [0.29, 0.717) is 0 Å². The minimum atomic E-state index is -0.667. The Bertz CT molecular complexity index is 288. The maximum Gasteiger partial charge on any atom is 0.408 e. The molecule has 0 fully saturated rings. The first-order valence-electron chi connectivity index (χ1n) is 5.93. The van der Waals surface area contributed by atoms with Gasteiger partial charge in [0, 0.05) is 0 Å². The standard InChI is InChI=1S/C12H22INO4/c1-6-8(2)9(10(15)17-7-13)14-11(16)18-12(3,4)5/h8-9H,6-7H2,1-5H3,(H,14,16)/t8-,9-/m0/s1. The fourth-order valence-electron chi connectivity index (χ4n) is 1.25. The summed E-state index contributed by atoms with van der Waals surface area (Å²) in [5, 5.41) is 2.57. The smallest absolute Gasteiger partial charge is 0.408 e. The lowest BCUT2D eigenvalue weighted by Crippen LogP contribution is -2.47. The fraction of sp³-hybridized carbons (Fsp3) is 0.833. The SMILES string of the molecule is CC[C@H](C)[C@H](NC(=O)OC(C)(C)C)C(=O)OCI. The molecule has 0 saturated heterocycles. The molecule has 0 aliphatic heterocycles. The van der Waals surface area contributed by atoms with Crippen LogP contribution in [0.5, 0.6) is 0 Å². The summed E-state index contributed by atoms with van der Waals surface area (Å²) in [7, 11) is 0. The second-order valence-corrected chi connectivity index (χ2v) is 5.70. The summed E-state index contributed by atoms with van der Waals surface area (Å²) in [5.41, 5.74) is -0.586. The molecule has 0 heterocycles. The molecule has 5 nitrogen and oxygen atoms in total. The Morgan fingerprint density at radius 1 is 1.33 bits per heavy atom. The maximum atomic E-state index is 11.7. The molecule has 0 aromatic rings. The van der Waals surface area contributed by atoms with Gasteiger partial charge in [-0.05, 0) is 49.3 Å². The Morgan fingerprint density at radius 2 is 1.89 bits per heavy atom. The molecular weight excluding hydrogens is 349 g/mol. The zero-order valence-electron chi connectivity index (χ0n) is 11.6. The van der Waals surface area contributed by atoms with E-state index in [9.17, 15) is 9.59 Å². The van der Waals surface area contributed by atoms with Gasteiger partial charge in [0.25, 0.3) is 0 Å². The molecule has 0 aromatic carbocycles. The van der Waals surface area contributed by atoms with E-state index in [1.54, 1.807) is 20.8 Å². The van der Waals surface area contributed by atoms with Crippen LogP contribution in [0.1, 0.15) is 41.0 Å². The number of hydrogen-bond acceptors (Lipinski definition) is 4. The molecule has 0 aliphatic carbocycles. The molecule has 0 aromatic heterocycles. The van der Waals surface area contributed by atoms with E-state index in [0.717, 1.165) is 6.42 Å². The highest BCUT2D eigenvalue weighted by Crippen LogP contribution is 2.12. The van der Waals surface area contributed by atoms with Crippen LogP contribution in [0.4, 0.5) is 4.79 Å². The Kier molecular flexibility index (Phi) is 7.58. The number of hydrogen-bond donors (Lipinski definition) is 1. The lowest BCUT2D eigenvalue weighted by molar-refractivity contribution is -0.144. The Morgan fingerprint density at radius 3 is 2.28 bits per heavy atom. The van der Waals surface area contributed by atoms with Crippen molar-refractivity contribution >= 4 is 34.7 Å². The van der Waals surface area contributed by atoms with E-state index in [1.807, 2.05) is 36.4 Å². The van der Waals surface area contributed by atoms with Gasteiger partial charge in [-0.25, -0.2) is 9.59 Å². The lowest BCUT2D eigenvalue weighted by atomic mass is 9.99. The topological polar surface area (TPSA) is 64.6 Å². The van der Waals surface area contributed by atoms with Crippen molar-refractivity contribution in [2.24, 2.45) is 5.92 Å². The van der Waals surface area contributed by atoms with Gasteiger partial charge in [0.2, 0.25) is 0 Å². The van der Waals surface area contributed by atoms with Crippen molar-refractivity contribution in [3.8, 4) is 0 Å². The van der Waals surface area contributed by atoms with Crippen LogP contribution in [0.25, 0.3) is 0 Å². The number of rotatable bonds is 5. The van der Waals surface area contributed by atoms with E-state index >= 15 is 0 Å². The largest absolute Gasteiger partial charge is 0.453 e. The van der Waals surface area contributed by atoms with Crippen LogP contribution in [-0.4, -0.2) is 28.3 Å². The quantitative estimate of drug-likeness (QED) is 0.459. The number of nitrogens with one attached hydrogen (secondary N) is 1. The first-order chi connectivity index (χ1) is 8.21. The Labute approximate surface area is 122 Å². The normalized spacial score (nSPS) is 14.6. The molecule has 2 atom stereocenters. The summed E-state index contributed by atoms with van der Waals surface area (Å²) in [4.78, 5) is 23.4. The first kappa shape index (κ1) is 17.5. The average molecular weight is 371 g/mol. The molecule has 0 radical (unpaired) electrons. The van der Waals surface area contributed by atoms with Gasteiger partial charge in [-0.15, -0.1) is 0 Å². The third-order valence-electron chi connectivity index (χ3n) is 2.34. The summed E-state index contributed by atoms with van der Waals surface area (Å²) < 4.78 is 10.3. The van der Waals surface area contributed by atoms with E-state index in [-0.39, 0.29) is 10.5 Å². The number of amides is 1. The number of carbonyl (C=O) groups is 2. The third-order valence-corrected chi connectivity index (χ3v) is 2.65. The monoisotopic (exact) mass is 371 g/mol. The second kappa shape index (κ2) is 7.81. The van der Waals surface area contributed by atoms with E-state index in [4.69, 9.17) is 9.47 Å². The van der Waals surface area contributed by atoms with Crippen molar-refractivity contribution in [2.45, 2.75) is 52.7 Å². The van der Waals surface area contributed by atoms with Gasteiger partial charge >= 0.3 is 12.1 Å². The number of carbonyl (C=O) groups excluding carboxylic acids is 2. The number of esters is 1. The molecule has 1 N–H and O–H groups in total. The zero-order chi connectivity index (χ0) is 14.3. The summed E-state index contributed by atoms with van der Waals surface area (Å²) >= 11 is 1.94. The average Bonchev–Trinajstić information content (AvgIpc) is 2.22. The minimum absolute atomic E-state index is 0.00651. The molecule has 0 spiro atoms. The molecule has 18 heavy (non-hydrogen) atoms. The number of alkyl halides is 1. The zero-order valence-corrected chi connectivity index (χ0v) is 13.7. The number of halogens is 1. The van der Waals surface area contributed by atoms with Crippen molar-refractivity contribution in [3.63, 3.8) is 0 Å². The van der Waals surface area contributed by atoms with E-state index in [2.05, 4.69) is 5.32 Å². The highest BCUT2D eigenvalue weighted by Gasteiger charge is 2.29. The van der Waals surface area contributed by atoms with Gasteiger partial charge in [0.15, 0.2) is 0 Å². The van der Waals surface area contributed by atoms with E-state index in [1.165, 1.54) is 0 Å². The van der Waals surface area contributed by atoms with Gasteiger partial charge in [-0.3, -0.25) is 0 Å². The molecule has 1 amide bonds. The van der Waals surface area contributed by atoms with Crippen LogP contribution >= 0.6 is 22.6 Å². The fourth-order valence-corrected chi connectivity index (χ4v) is 1.55. The van der Waals surface area contributed by atoms with Crippen LogP contribution in [0.3, 0.4) is 0 Å². The summed E-state index contributed by atoms with van der Waals surface area (Å²) in [6, 6.07) is -0.667. The van der Waals surface area contributed by atoms with Gasteiger partial charge in [0.1, 0.15) is 16.3 Å². The highest BCUT2D eigenvalue weighted by atomic mass is 127. The predicted molar refractivity (Wildman–Crippen MR) is 77.6 cm³/mol. The first-order valence-corrected chi connectivity index (χ1v) is 7.46. The number of ether oxygens (including phenoxy) is 2. The van der Waals surface area contributed by atoms with Gasteiger partial charge in [-0.1, -0.05) is 20.3 Å². The molecule has 0 rings (SSSR count). The van der Waals surface area contributed by atoms with Crippen LogP contribution in [0.15, 0.2) is 0 Å². The van der Waals surface area contributed by atoms with Crippen LogP contribution in [-0.2, 0) is 14.3 Å². The Hall–Kier alpha value is -0.530. The third kappa shape index (κ3) is 7.03. The lowest BCUT2D eigenvalue weighted by Gasteiger charge is -2.25. The van der Waals surface area contributed by atoms with Crippen molar-refractivity contribution in [3.05, 3.63) is 0 Å². The number of alkyl carbamates (subject to hydrolysis) is 1. The minimum Gasteiger partial charge on any atom is -0.453 e. The van der Waals surface area contributed by atoms with Crippen molar-refractivity contribution in [1.82, 2.24) is 5.32 Å². The molecule has 0 aliphatic rings. The van der Waals surface area contributed by atoms with E-state index < -0.39 is 23.7 Å². The van der Waals surface area contributed by atoms with Crippen LogP contribution in [0, 0.1) is 5.92 Å². The molecule has 106 valence electrons. The second-order valence-electron chi connectivity index (χ2n) is 5.08. The van der Waals surface area contributed by atoms with Crippen LogP contribution in [0.2, 0.25) is 0 Å². The molecular formula is C12H22INO4. The van der Waals surface area contributed by atoms with Crippen molar-refractivity contribution in [1.29, 1.82) is 0 Å². The highest BCUT2D eigenvalue weighted by molar-refractivity contribution is 14.1. The summed E-state index contributed by atoms with van der Waals surface area (Å²) in [6.07, 6.45) is 0.162. The molecule has 0 bridgehead atoms. The predicted octanol–water partition coefficient (Wildman–Crippen LogP) is 2.86. The van der Waals surface area contributed by atoms with Gasteiger partial charge < -0.3 is 14.8 Å². The Balaban J connectivity index is 4.59.